The maximum Gasteiger partial charge on any atom is 0.282 e. The lowest BCUT2D eigenvalue weighted by Crippen LogP contribution is -2.17. The van der Waals surface area contributed by atoms with Gasteiger partial charge in [-0.2, -0.15) is 21.0 Å². The van der Waals surface area contributed by atoms with Gasteiger partial charge in [-0.3, -0.25) is 4.79 Å². The smallest absolute Gasteiger partial charge is 0.282 e. The van der Waals surface area contributed by atoms with Crippen LogP contribution in [0.5, 0.6) is 0 Å². The van der Waals surface area contributed by atoms with Gasteiger partial charge >= 0.3 is 0 Å². The van der Waals surface area contributed by atoms with Crippen molar-refractivity contribution in [1.82, 2.24) is 14.8 Å². The molecule has 9 heteroatoms. The van der Waals surface area contributed by atoms with E-state index in [4.69, 9.17) is 16.3 Å². The van der Waals surface area contributed by atoms with Gasteiger partial charge in [0.15, 0.2) is 5.82 Å². The molecule has 25 heavy (non-hydrogen) atoms. The standard InChI is InChI=1S/C16H15ClN4O2S2/c17-13-2-1-12(25-13)7-18-16-19-14(10-3-5-23-8-10)20-21(16)15(22)11-4-6-24-9-11/h1-2,4,6,9-10H,3,5,7-8H2,(H,18,19,20). The van der Waals surface area contributed by atoms with Crippen LogP contribution < -0.4 is 5.32 Å². The normalized spacial score (nSPS) is 17.1. The number of rotatable bonds is 5. The zero-order valence-electron chi connectivity index (χ0n) is 13.1. The van der Waals surface area contributed by atoms with Crippen molar-refractivity contribution in [1.29, 1.82) is 0 Å². The molecule has 1 N–H and O–H groups in total. The molecule has 1 unspecified atom stereocenters. The number of halogens is 1. The molecule has 0 aromatic carbocycles. The summed E-state index contributed by atoms with van der Waals surface area (Å²) in [5, 5.41) is 11.4. The molecule has 130 valence electrons. The van der Waals surface area contributed by atoms with Gasteiger partial charge in [0.05, 0.1) is 23.1 Å². The summed E-state index contributed by atoms with van der Waals surface area (Å²) in [5.74, 6) is 1.04. The van der Waals surface area contributed by atoms with Gasteiger partial charge in [0.1, 0.15) is 0 Å². The van der Waals surface area contributed by atoms with Crippen LogP contribution >= 0.6 is 34.3 Å². The van der Waals surface area contributed by atoms with E-state index in [1.807, 2.05) is 22.9 Å². The van der Waals surface area contributed by atoms with Crippen molar-refractivity contribution in [2.75, 3.05) is 18.5 Å². The Kier molecular flexibility index (Phi) is 4.85. The third-order valence-corrected chi connectivity index (χ3v) is 5.84. The Bertz CT molecular complexity index is 869. The fraction of sp³-hybridized carbons (Fsp3) is 0.312. The molecule has 3 aromatic heterocycles. The third-order valence-electron chi connectivity index (χ3n) is 3.93. The van der Waals surface area contributed by atoms with Crippen molar-refractivity contribution in [2.24, 2.45) is 0 Å². The summed E-state index contributed by atoms with van der Waals surface area (Å²) >= 11 is 8.94. The van der Waals surface area contributed by atoms with Crippen molar-refractivity contribution in [3.05, 3.63) is 49.6 Å². The van der Waals surface area contributed by atoms with Gasteiger partial charge in [-0.15, -0.1) is 16.4 Å². The number of nitrogens with zero attached hydrogens (tertiary/aromatic N) is 3. The number of nitrogens with one attached hydrogen (secondary N) is 1. The maximum atomic E-state index is 12.7. The van der Waals surface area contributed by atoms with Gasteiger partial charge in [-0.1, -0.05) is 11.6 Å². The predicted octanol–water partition coefficient (Wildman–Crippen LogP) is 3.86. The molecular weight excluding hydrogens is 380 g/mol. The molecule has 3 aromatic rings. The summed E-state index contributed by atoms with van der Waals surface area (Å²) in [6.07, 6.45) is 0.872. The van der Waals surface area contributed by atoms with Crippen LogP contribution in [0.2, 0.25) is 4.34 Å². The minimum atomic E-state index is -0.189. The Balaban J connectivity index is 1.61. The molecular formula is C16H15ClN4O2S2. The Hall–Kier alpha value is -1.74. The largest absolute Gasteiger partial charge is 0.381 e. The number of anilines is 1. The zero-order chi connectivity index (χ0) is 17.2. The molecule has 1 saturated heterocycles. The topological polar surface area (TPSA) is 69.0 Å². The lowest BCUT2D eigenvalue weighted by atomic mass is 10.1. The summed E-state index contributed by atoms with van der Waals surface area (Å²) in [7, 11) is 0. The molecule has 0 amide bonds. The van der Waals surface area contributed by atoms with Crippen LogP contribution in [0.15, 0.2) is 29.0 Å². The molecule has 4 rings (SSSR count). The fourth-order valence-electron chi connectivity index (χ4n) is 2.62. The highest BCUT2D eigenvalue weighted by Gasteiger charge is 2.26. The van der Waals surface area contributed by atoms with Crippen molar-refractivity contribution in [2.45, 2.75) is 18.9 Å². The monoisotopic (exact) mass is 394 g/mol. The number of hydrogen-bond acceptors (Lipinski definition) is 7. The number of carbonyl (C=O) groups excluding carboxylic acids is 1. The second-order valence-electron chi connectivity index (χ2n) is 5.64. The summed E-state index contributed by atoms with van der Waals surface area (Å²) in [6.45, 7) is 1.83. The van der Waals surface area contributed by atoms with Crippen molar-refractivity contribution < 1.29 is 9.53 Å². The molecule has 0 saturated carbocycles. The molecule has 1 aliphatic rings. The molecule has 0 aliphatic carbocycles. The van der Waals surface area contributed by atoms with E-state index in [0.717, 1.165) is 15.6 Å². The average Bonchev–Trinajstić information content (AvgIpc) is 3.38. The van der Waals surface area contributed by atoms with Crippen LogP contribution in [-0.4, -0.2) is 33.9 Å². The summed E-state index contributed by atoms with van der Waals surface area (Å²) in [5.41, 5.74) is 0.603. The van der Waals surface area contributed by atoms with Gasteiger partial charge in [0.2, 0.25) is 5.95 Å². The summed E-state index contributed by atoms with van der Waals surface area (Å²) in [6, 6.07) is 5.59. The average molecular weight is 395 g/mol. The van der Waals surface area contributed by atoms with E-state index in [1.165, 1.54) is 27.4 Å². The molecule has 1 atom stereocenters. The first-order valence-corrected chi connectivity index (χ1v) is 9.94. The van der Waals surface area contributed by atoms with E-state index < -0.39 is 0 Å². The predicted molar refractivity (Wildman–Crippen MR) is 98.9 cm³/mol. The highest BCUT2D eigenvalue weighted by atomic mass is 35.5. The first-order valence-electron chi connectivity index (χ1n) is 7.80. The third kappa shape index (κ3) is 3.62. The summed E-state index contributed by atoms with van der Waals surface area (Å²) in [4.78, 5) is 18.4. The van der Waals surface area contributed by atoms with Crippen molar-refractivity contribution in [3.63, 3.8) is 0 Å². The van der Waals surface area contributed by atoms with Gasteiger partial charge < -0.3 is 10.1 Å². The van der Waals surface area contributed by atoms with E-state index in [0.29, 0.717) is 37.1 Å². The minimum Gasteiger partial charge on any atom is -0.381 e. The fourth-order valence-corrected chi connectivity index (χ4v) is 4.27. The molecule has 6 nitrogen and oxygen atoms in total. The molecule has 0 spiro atoms. The SMILES string of the molecule is O=C(c1ccsc1)n1nc(C2CCOC2)nc1NCc1ccc(Cl)s1. The van der Waals surface area contributed by atoms with Crippen LogP contribution in [0, 0.1) is 0 Å². The lowest BCUT2D eigenvalue weighted by molar-refractivity contribution is 0.0947. The van der Waals surface area contributed by atoms with Crippen LogP contribution in [0.25, 0.3) is 0 Å². The number of ether oxygens (including phenoxy) is 1. The molecule has 0 radical (unpaired) electrons. The number of thiophene rings is 2. The van der Waals surface area contributed by atoms with Gasteiger partial charge in [0.25, 0.3) is 5.91 Å². The highest BCUT2D eigenvalue weighted by molar-refractivity contribution is 7.16. The Labute approximate surface area is 157 Å². The van der Waals surface area contributed by atoms with E-state index in [9.17, 15) is 4.79 Å². The number of hydrogen-bond donors (Lipinski definition) is 1. The molecule has 4 heterocycles. The van der Waals surface area contributed by atoms with E-state index in [1.54, 1.807) is 6.07 Å². The lowest BCUT2D eigenvalue weighted by Gasteiger charge is -2.05. The van der Waals surface area contributed by atoms with E-state index >= 15 is 0 Å². The quantitative estimate of drug-likeness (QED) is 0.711. The van der Waals surface area contributed by atoms with Crippen LogP contribution in [-0.2, 0) is 11.3 Å². The molecule has 0 bridgehead atoms. The Morgan fingerprint density at radius 3 is 3.04 bits per heavy atom. The van der Waals surface area contributed by atoms with E-state index in [2.05, 4.69) is 15.4 Å². The van der Waals surface area contributed by atoms with Crippen molar-refractivity contribution >= 4 is 46.1 Å². The van der Waals surface area contributed by atoms with Crippen LogP contribution in [0.1, 0.15) is 33.4 Å². The van der Waals surface area contributed by atoms with Crippen LogP contribution in [0.3, 0.4) is 0 Å². The Morgan fingerprint density at radius 2 is 2.36 bits per heavy atom. The highest BCUT2D eigenvalue weighted by Crippen LogP contribution is 2.26. The number of carbonyl (C=O) groups is 1. The van der Waals surface area contributed by atoms with E-state index in [-0.39, 0.29) is 11.8 Å². The first-order chi connectivity index (χ1) is 12.2. The minimum absolute atomic E-state index is 0.133. The van der Waals surface area contributed by atoms with Gasteiger partial charge in [0, 0.05) is 22.8 Å². The van der Waals surface area contributed by atoms with Gasteiger partial charge in [-0.05, 0) is 30.0 Å². The van der Waals surface area contributed by atoms with Crippen LogP contribution in [0.4, 0.5) is 5.95 Å². The molecule has 1 aliphatic heterocycles. The molecule has 1 fully saturated rings. The zero-order valence-corrected chi connectivity index (χ0v) is 15.5. The second kappa shape index (κ2) is 7.25. The summed E-state index contributed by atoms with van der Waals surface area (Å²) < 4.78 is 7.50. The maximum absolute atomic E-state index is 12.7. The second-order valence-corrected chi connectivity index (χ2v) is 8.22. The number of aromatic nitrogens is 3. The Morgan fingerprint density at radius 1 is 1.44 bits per heavy atom. The van der Waals surface area contributed by atoms with Gasteiger partial charge in [-0.25, -0.2) is 0 Å². The van der Waals surface area contributed by atoms with Crippen molar-refractivity contribution in [3.8, 4) is 0 Å². The first kappa shape index (κ1) is 16.7.